The van der Waals surface area contributed by atoms with Gasteiger partial charge >= 0.3 is 0 Å². The third-order valence-electron chi connectivity index (χ3n) is 3.11. The van der Waals surface area contributed by atoms with E-state index in [9.17, 15) is 4.79 Å². The largest absolute Gasteiger partial charge is 0.311 e. The number of nitrogens with zero attached hydrogens (tertiary/aromatic N) is 1. The van der Waals surface area contributed by atoms with Gasteiger partial charge in [-0.25, -0.2) is 0 Å². The monoisotopic (exact) mass is 296 g/mol. The first-order valence-corrected chi connectivity index (χ1v) is 6.73. The molecular weight excluding hydrogens is 280 g/mol. The average molecular weight is 297 g/mol. The number of nitrogens with one attached hydrogen (secondary N) is 1. The van der Waals surface area contributed by atoms with Gasteiger partial charge in [0.05, 0.1) is 6.04 Å². The van der Waals surface area contributed by atoms with Crippen molar-refractivity contribution in [3.63, 3.8) is 0 Å². The standard InChI is InChI=1S/C13H17BrN2O/c1-3-15-11-6-7-16(13(11)17)12-5-4-10(14)8-9(12)2/h4-5,8,11,15H,3,6-7H2,1-2H3. The first kappa shape index (κ1) is 12.6. The van der Waals surface area contributed by atoms with Gasteiger partial charge < -0.3 is 10.2 Å². The highest BCUT2D eigenvalue weighted by molar-refractivity contribution is 9.10. The van der Waals surface area contributed by atoms with E-state index in [1.807, 2.05) is 36.9 Å². The highest BCUT2D eigenvalue weighted by atomic mass is 79.9. The van der Waals surface area contributed by atoms with Crippen LogP contribution in [0.25, 0.3) is 0 Å². The molecule has 4 heteroatoms. The fourth-order valence-electron chi connectivity index (χ4n) is 2.28. The number of hydrogen-bond acceptors (Lipinski definition) is 2. The van der Waals surface area contributed by atoms with Crippen LogP contribution in [0.1, 0.15) is 18.9 Å². The summed E-state index contributed by atoms with van der Waals surface area (Å²) in [6.45, 7) is 5.71. The smallest absolute Gasteiger partial charge is 0.244 e. The molecule has 1 saturated heterocycles. The Bertz CT molecular complexity index is 433. The summed E-state index contributed by atoms with van der Waals surface area (Å²) in [6, 6.07) is 6.02. The molecule has 0 aromatic heterocycles. The SMILES string of the molecule is CCNC1CCN(c2ccc(Br)cc2C)C1=O. The molecule has 1 atom stereocenters. The van der Waals surface area contributed by atoms with Crippen LogP contribution in [0.4, 0.5) is 5.69 Å². The van der Waals surface area contributed by atoms with Crippen LogP contribution in [0.2, 0.25) is 0 Å². The topological polar surface area (TPSA) is 32.3 Å². The zero-order valence-electron chi connectivity index (χ0n) is 10.2. The number of aryl methyl sites for hydroxylation is 1. The second-order valence-electron chi connectivity index (χ2n) is 4.32. The number of hydrogen-bond donors (Lipinski definition) is 1. The average Bonchev–Trinajstić information content (AvgIpc) is 2.62. The summed E-state index contributed by atoms with van der Waals surface area (Å²) < 4.78 is 1.05. The second kappa shape index (κ2) is 5.19. The van der Waals surface area contributed by atoms with Crippen molar-refractivity contribution >= 4 is 27.5 Å². The Labute approximate surface area is 110 Å². The number of rotatable bonds is 3. The molecule has 0 saturated carbocycles. The predicted molar refractivity (Wildman–Crippen MR) is 73.3 cm³/mol. The molecule has 1 aromatic carbocycles. The maximum absolute atomic E-state index is 12.2. The number of amides is 1. The molecule has 0 radical (unpaired) electrons. The molecule has 0 bridgehead atoms. The Morgan fingerprint density at radius 2 is 2.29 bits per heavy atom. The number of likely N-dealkylation sites (N-methyl/N-ethyl adjacent to an activating group) is 1. The van der Waals surface area contributed by atoms with Crippen LogP contribution in [0.5, 0.6) is 0 Å². The molecule has 1 heterocycles. The van der Waals surface area contributed by atoms with E-state index in [1.54, 1.807) is 0 Å². The maximum Gasteiger partial charge on any atom is 0.244 e. The highest BCUT2D eigenvalue weighted by Gasteiger charge is 2.32. The normalized spacial score (nSPS) is 20.1. The van der Waals surface area contributed by atoms with Crippen molar-refractivity contribution in [2.75, 3.05) is 18.0 Å². The van der Waals surface area contributed by atoms with Crippen LogP contribution < -0.4 is 10.2 Å². The maximum atomic E-state index is 12.2. The van der Waals surface area contributed by atoms with Gasteiger partial charge in [-0.05, 0) is 43.7 Å². The molecule has 1 unspecified atom stereocenters. The van der Waals surface area contributed by atoms with E-state index in [1.165, 1.54) is 0 Å². The zero-order chi connectivity index (χ0) is 12.4. The van der Waals surface area contributed by atoms with E-state index < -0.39 is 0 Å². The minimum Gasteiger partial charge on any atom is -0.311 e. The lowest BCUT2D eigenvalue weighted by Gasteiger charge is -2.19. The van der Waals surface area contributed by atoms with E-state index in [0.29, 0.717) is 0 Å². The molecule has 1 aliphatic rings. The summed E-state index contributed by atoms with van der Waals surface area (Å²) in [7, 11) is 0. The summed E-state index contributed by atoms with van der Waals surface area (Å²) in [4.78, 5) is 14.1. The van der Waals surface area contributed by atoms with Crippen LogP contribution in [-0.4, -0.2) is 25.0 Å². The lowest BCUT2D eigenvalue weighted by atomic mass is 10.2. The third kappa shape index (κ3) is 2.53. The van der Waals surface area contributed by atoms with E-state index in [2.05, 4.69) is 21.2 Å². The molecule has 1 amide bonds. The number of benzene rings is 1. The summed E-state index contributed by atoms with van der Waals surface area (Å²) in [5, 5.41) is 3.22. The molecule has 0 spiro atoms. The van der Waals surface area contributed by atoms with Crippen molar-refractivity contribution in [1.82, 2.24) is 5.32 Å². The molecular formula is C13H17BrN2O. The van der Waals surface area contributed by atoms with Crippen LogP contribution in [-0.2, 0) is 4.79 Å². The molecule has 1 fully saturated rings. The van der Waals surface area contributed by atoms with Gasteiger partial charge in [0.25, 0.3) is 0 Å². The van der Waals surface area contributed by atoms with Gasteiger partial charge in [0.2, 0.25) is 5.91 Å². The lowest BCUT2D eigenvalue weighted by Crippen LogP contribution is -2.38. The lowest BCUT2D eigenvalue weighted by molar-refractivity contribution is -0.118. The minimum atomic E-state index is -0.0111. The molecule has 1 aromatic rings. The van der Waals surface area contributed by atoms with Gasteiger partial charge in [-0.1, -0.05) is 22.9 Å². The van der Waals surface area contributed by atoms with Crippen molar-refractivity contribution in [2.45, 2.75) is 26.3 Å². The molecule has 1 aliphatic heterocycles. The van der Waals surface area contributed by atoms with Gasteiger partial charge in [0, 0.05) is 16.7 Å². The van der Waals surface area contributed by atoms with Crippen molar-refractivity contribution in [3.05, 3.63) is 28.2 Å². The third-order valence-corrected chi connectivity index (χ3v) is 3.60. The summed E-state index contributed by atoms with van der Waals surface area (Å²) in [6.07, 6.45) is 0.891. The van der Waals surface area contributed by atoms with Crippen molar-refractivity contribution in [2.24, 2.45) is 0 Å². The molecule has 2 rings (SSSR count). The number of anilines is 1. The van der Waals surface area contributed by atoms with E-state index >= 15 is 0 Å². The quantitative estimate of drug-likeness (QED) is 0.929. The van der Waals surface area contributed by atoms with E-state index in [-0.39, 0.29) is 11.9 Å². The summed E-state index contributed by atoms with van der Waals surface area (Å²) in [5.74, 6) is 0.192. The fourth-order valence-corrected chi connectivity index (χ4v) is 2.75. The summed E-state index contributed by atoms with van der Waals surface area (Å²) in [5.41, 5.74) is 2.16. The van der Waals surface area contributed by atoms with Gasteiger partial charge in [-0.3, -0.25) is 4.79 Å². The number of halogens is 1. The predicted octanol–water partition coefficient (Wildman–Crippen LogP) is 2.47. The summed E-state index contributed by atoms with van der Waals surface area (Å²) >= 11 is 3.44. The Hall–Kier alpha value is -0.870. The molecule has 3 nitrogen and oxygen atoms in total. The number of carbonyl (C=O) groups excluding carboxylic acids is 1. The van der Waals surface area contributed by atoms with Crippen molar-refractivity contribution in [3.8, 4) is 0 Å². The van der Waals surface area contributed by atoms with Gasteiger partial charge in [-0.2, -0.15) is 0 Å². The zero-order valence-corrected chi connectivity index (χ0v) is 11.8. The van der Waals surface area contributed by atoms with Crippen molar-refractivity contribution < 1.29 is 4.79 Å². The highest BCUT2D eigenvalue weighted by Crippen LogP contribution is 2.27. The van der Waals surface area contributed by atoms with Crippen LogP contribution in [0, 0.1) is 6.92 Å². The fraction of sp³-hybridized carbons (Fsp3) is 0.462. The Kier molecular flexibility index (Phi) is 3.84. The molecule has 17 heavy (non-hydrogen) atoms. The molecule has 92 valence electrons. The van der Waals surface area contributed by atoms with Crippen LogP contribution >= 0.6 is 15.9 Å². The molecule has 1 N–H and O–H groups in total. The number of carbonyl (C=O) groups is 1. The molecule has 0 aliphatic carbocycles. The van der Waals surface area contributed by atoms with Crippen LogP contribution in [0.3, 0.4) is 0 Å². The first-order chi connectivity index (χ1) is 8.13. The van der Waals surface area contributed by atoms with Gasteiger partial charge in [-0.15, -0.1) is 0 Å². The Balaban J connectivity index is 2.21. The van der Waals surface area contributed by atoms with Crippen LogP contribution in [0.15, 0.2) is 22.7 Å². The van der Waals surface area contributed by atoms with Crippen molar-refractivity contribution in [1.29, 1.82) is 0 Å². The minimum absolute atomic E-state index is 0.0111. The Morgan fingerprint density at radius 1 is 1.53 bits per heavy atom. The first-order valence-electron chi connectivity index (χ1n) is 5.94. The van der Waals surface area contributed by atoms with E-state index in [0.717, 1.165) is 35.2 Å². The van der Waals surface area contributed by atoms with E-state index in [4.69, 9.17) is 0 Å². The Morgan fingerprint density at radius 3 is 2.94 bits per heavy atom. The van der Waals surface area contributed by atoms with Gasteiger partial charge in [0.1, 0.15) is 0 Å². The second-order valence-corrected chi connectivity index (χ2v) is 5.24. The van der Waals surface area contributed by atoms with Gasteiger partial charge in [0.15, 0.2) is 0 Å².